The highest BCUT2D eigenvalue weighted by Gasteiger charge is 2.28. The van der Waals surface area contributed by atoms with Crippen molar-refractivity contribution in [1.29, 1.82) is 0 Å². The van der Waals surface area contributed by atoms with E-state index in [4.69, 9.17) is 9.84 Å². The van der Waals surface area contributed by atoms with Gasteiger partial charge in [-0.3, -0.25) is 10.1 Å². The van der Waals surface area contributed by atoms with Gasteiger partial charge in [0.15, 0.2) is 0 Å². The topological polar surface area (TPSA) is 75.6 Å². The molecule has 2 N–H and O–H groups in total. The minimum absolute atomic E-state index is 0.0119. The van der Waals surface area contributed by atoms with Crippen LogP contribution in [0.5, 0.6) is 0 Å². The van der Waals surface area contributed by atoms with Crippen LogP contribution in [0.15, 0.2) is 18.2 Å². The van der Waals surface area contributed by atoms with Crippen molar-refractivity contribution in [3.8, 4) is 0 Å². The average Bonchev–Trinajstić information content (AvgIpc) is 2.30. The molecule has 5 nitrogen and oxygen atoms in total. The van der Waals surface area contributed by atoms with Gasteiger partial charge in [-0.05, 0) is 64.8 Å². The first-order valence-electron chi connectivity index (χ1n) is 6.92. The van der Waals surface area contributed by atoms with Crippen LogP contribution in [0.2, 0.25) is 0 Å². The van der Waals surface area contributed by atoms with E-state index in [1.807, 2.05) is 0 Å². The lowest BCUT2D eigenvalue weighted by atomic mass is 9.85. The standard InChI is InChI=1S/C16H22FNO4/c1-15(2,3)22-14(21)18-11-6-7-12(17)10(8-11)9-16(4,5)13(19)20/h6-8H,9H2,1-5H3,(H,18,21)(H,19,20). The number of nitrogens with one attached hydrogen (secondary N) is 1. The fraction of sp³-hybridized carbons (Fsp3) is 0.500. The fourth-order valence-electron chi connectivity index (χ4n) is 1.76. The van der Waals surface area contributed by atoms with Crippen LogP contribution in [0.25, 0.3) is 0 Å². The van der Waals surface area contributed by atoms with Gasteiger partial charge in [-0.1, -0.05) is 0 Å². The Kier molecular flexibility index (Phi) is 5.17. The number of carboxylic acid groups (broad SMARTS) is 1. The molecule has 22 heavy (non-hydrogen) atoms. The lowest BCUT2D eigenvalue weighted by Gasteiger charge is -2.21. The van der Waals surface area contributed by atoms with Crippen LogP contribution in [0.1, 0.15) is 40.2 Å². The van der Waals surface area contributed by atoms with Crippen molar-refractivity contribution < 1.29 is 23.8 Å². The second-order valence-corrected chi connectivity index (χ2v) is 6.80. The Labute approximate surface area is 129 Å². The number of ether oxygens (including phenoxy) is 1. The summed E-state index contributed by atoms with van der Waals surface area (Å²) in [6.45, 7) is 8.24. The summed E-state index contributed by atoms with van der Waals surface area (Å²) in [6, 6.07) is 4.01. The molecule has 0 fully saturated rings. The largest absolute Gasteiger partial charge is 0.481 e. The Bertz CT molecular complexity index is 576. The number of rotatable bonds is 4. The number of carbonyl (C=O) groups excluding carboxylic acids is 1. The van der Waals surface area contributed by atoms with Gasteiger partial charge in [-0.2, -0.15) is 0 Å². The molecule has 0 bridgehead atoms. The van der Waals surface area contributed by atoms with Crippen LogP contribution in [0.3, 0.4) is 0 Å². The zero-order chi connectivity index (χ0) is 17.1. The number of hydrogen-bond acceptors (Lipinski definition) is 3. The van der Waals surface area contributed by atoms with E-state index in [0.29, 0.717) is 5.69 Å². The smallest absolute Gasteiger partial charge is 0.412 e. The average molecular weight is 311 g/mol. The number of carbonyl (C=O) groups is 2. The molecule has 1 aromatic carbocycles. The highest BCUT2D eigenvalue weighted by Crippen LogP contribution is 2.26. The zero-order valence-corrected chi connectivity index (χ0v) is 13.5. The predicted molar refractivity (Wildman–Crippen MR) is 81.4 cm³/mol. The molecule has 0 spiro atoms. The molecule has 0 aromatic heterocycles. The first kappa shape index (κ1) is 17.9. The van der Waals surface area contributed by atoms with Gasteiger partial charge < -0.3 is 9.84 Å². The van der Waals surface area contributed by atoms with Crippen LogP contribution < -0.4 is 5.32 Å². The Morgan fingerprint density at radius 3 is 2.32 bits per heavy atom. The van der Waals surface area contributed by atoms with E-state index in [0.717, 1.165) is 0 Å². The van der Waals surface area contributed by atoms with E-state index >= 15 is 0 Å². The molecule has 0 atom stereocenters. The summed E-state index contributed by atoms with van der Waals surface area (Å²) in [6.07, 6.45) is -0.639. The van der Waals surface area contributed by atoms with E-state index in [-0.39, 0.29) is 12.0 Å². The van der Waals surface area contributed by atoms with E-state index < -0.39 is 28.9 Å². The first-order chi connectivity index (χ1) is 9.90. The maximum Gasteiger partial charge on any atom is 0.412 e. The third-order valence-electron chi connectivity index (χ3n) is 2.90. The van der Waals surface area contributed by atoms with Crippen molar-refractivity contribution in [2.45, 2.75) is 46.6 Å². The van der Waals surface area contributed by atoms with Gasteiger partial charge in [0.25, 0.3) is 0 Å². The molecule has 122 valence electrons. The predicted octanol–water partition coefficient (Wildman–Crippen LogP) is 3.83. The van der Waals surface area contributed by atoms with Gasteiger partial charge in [0.1, 0.15) is 11.4 Å². The van der Waals surface area contributed by atoms with Crippen molar-refractivity contribution in [2.24, 2.45) is 5.41 Å². The molecule has 1 rings (SSSR count). The summed E-state index contributed by atoms with van der Waals surface area (Å²) in [5.74, 6) is -1.53. The molecule has 0 aliphatic carbocycles. The lowest BCUT2D eigenvalue weighted by molar-refractivity contribution is -0.146. The molecule has 0 unspecified atom stereocenters. The molecule has 0 heterocycles. The highest BCUT2D eigenvalue weighted by atomic mass is 19.1. The number of anilines is 1. The second-order valence-electron chi connectivity index (χ2n) is 6.80. The van der Waals surface area contributed by atoms with Crippen LogP contribution in [-0.4, -0.2) is 22.8 Å². The minimum atomic E-state index is -1.11. The van der Waals surface area contributed by atoms with Gasteiger partial charge in [-0.15, -0.1) is 0 Å². The fourth-order valence-corrected chi connectivity index (χ4v) is 1.76. The molecule has 1 amide bonds. The Morgan fingerprint density at radius 2 is 1.82 bits per heavy atom. The summed E-state index contributed by atoms with van der Waals surface area (Å²) >= 11 is 0. The molecular weight excluding hydrogens is 289 g/mol. The maximum absolute atomic E-state index is 13.8. The SMILES string of the molecule is CC(C)(C)OC(=O)Nc1ccc(F)c(CC(C)(C)C(=O)O)c1. The van der Waals surface area contributed by atoms with Gasteiger partial charge in [0, 0.05) is 5.69 Å². The Balaban J connectivity index is 2.91. The quantitative estimate of drug-likeness (QED) is 0.886. The molecule has 0 aliphatic heterocycles. The highest BCUT2D eigenvalue weighted by molar-refractivity contribution is 5.85. The maximum atomic E-state index is 13.8. The molecular formula is C16H22FNO4. The number of amides is 1. The van der Waals surface area contributed by atoms with E-state index in [1.165, 1.54) is 32.0 Å². The summed E-state index contributed by atoms with van der Waals surface area (Å²) in [5.41, 5.74) is -1.17. The molecule has 6 heteroatoms. The van der Waals surface area contributed by atoms with Gasteiger partial charge >= 0.3 is 12.1 Å². The summed E-state index contributed by atoms with van der Waals surface area (Å²) < 4.78 is 18.9. The molecule has 0 radical (unpaired) electrons. The van der Waals surface area contributed by atoms with Gasteiger partial charge in [-0.25, -0.2) is 9.18 Å². The van der Waals surface area contributed by atoms with Crippen LogP contribution >= 0.6 is 0 Å². The van der Waals surface area contributed by atoms with Gasteiger partial charge in [0.2, 0.25) is 0 Å². The van der Waals surface area contributed by atoms with Crippen LogP contribution in [-0.2, 0) is 16.0 Å². The van der Waals surface area contributed by atoms with E-state index in [9.17, 15) is 14.0 Å². The van der Waals surface area contributed by atoms with Crippen molar-refractivity contribution >= 4 is 17.7 Å². The second kappa shape index (κ2) is 6.34. The monoisotopic (exact) mass is 311 g/mol. The summed E-state index contributed by atoms with van der Waals surface area (Å²) in [4.78, 5) is 22.8. The molecule has 0 aliphatic rings. The zero-order valence-electron chi connectivity index (χ0n) is 13.5. The van der Waals surface area contributed by atoms with Crippen LogP contribution in [0, 0.1) is 11.2 Å². The van der Waals surface area contributed by atoms with Crippen molar-refractivity contribution in [3.05, 3.63) is 29.6 Å². The first-order valence-corrected chi connectivity index (χ1v) is 6.92. The number of hydrogen-bond donors (Lipinski definition) is 2. The number of halogens is 1. The lowest BCUT2D eigenvalue weighted by Crippen LogP contribution is -2.28. The van der Waals surface area contributed by atoms with Crippen molar-refractivity contribution in [1.82, 2.24) is 0 Å². The van der Waals surface area contributed by atoms with Crippen LogP contribution in [0.4, 0.5) is 14.9 Å². The number of aliphatic carboxylic acids is 1. The third kappa shape index (κ3) is 5.35. The van der Waals surface area contributed by atoms with E-state index in [1.54, 1.807) is 20.8 Å². The van der Waals surface area contributed by atoms with Crippen molar-refractivity contribution in [3.63, 3.8) is 0 Å². The summed E-state index contributed by atoms with van der Waals surface area (Å²) in [5, 5.41) is 11.6. The minimum Gasteiger partial charge on any atom is -0.481 e. The Hall–Kier alpha value is -2.11. The normalized spacial score (nSPS) is 11.9. The summed E-state index contributed by atoms with van der Waals surface area (Å²) in [7, 11) is 0. The van der Waals surface area contributed by atoms with E-state index in [2.05, 4.69) is 5.32 Å². The number of carboxylic acids is 1. The van der Waals surface area contributed by atoms with Gasteiger partial charge in [0.05, 0.1) is 5.41 Å². The molecule has 1 aromatic rings. The molecule has 0 saturated heterocycles. The number of benzene rings is 1. The van der Waals surface area contributed by atoms with Crippen molar-refractivity contribution in [2.75, 3.05) is 5.32 Å². The Morgan fingerprint density at radius 1 is 1.23 bits per heavy atom. The molecule has 0 saturated carbocycles. The third-order valence-corrected chi connectivity index (χ3v) is 2.90.